The lowest BCUT2D eigenvalue weighted by Crippen LogP contribution is -2.17. The maximum atomic E-state index is 2.46. The summed E-state index contributed by atoms with van der Waals surface area (Å²) < 4.78 is 0. The van der Waals surface area contributed by atoms with Crippen molar-refractivity contribution in [1.29, 1.82) is 0 Å². The molecule has 5 atom stereocenters. The third-order valence-corrected chi connectivity index (χ3v) is 4.10. The van der Waals surface area contributed by atoms with E-state index in [0.717, 1.165) is 29.6 Å². The van der Waals surface area contributed by atoms with E-state index in [-0.39, 0.29) is 0 Å². The summed E-state index contributed by atoms with van der Waals surface area (Å²) in [5.74, 6) is 5.42. The van der Waals surface area contributed by atoms with Crippen molar-refractivity contribution in [3.63, 3.8) is 0 Å². The van der Waals surface area contributed by atoms with Gasteiger partial charge in [-0.2, -0.15) is 0 Å². The van der Waals surface area contributed by atoms with Crippen LogP contribution in [0.1, 0.15) is 40.0 Å². The van der Waals surface area contributed by atoms with E-state index in [0.29, 0.717) is 0 Å². The first-order valence-electron chi connectivity index (χ1n) is 5.24. The van der Waals surface area contributed by atoms with E-state index < -0.39 is 0 Å². The average molecular weight is 152 g/mol. The normalized spacial score (nSPS) is 50.5. The van der Waals surface area contributed by atoms with Crippen LogP contribution < -0.4 is 0 Å². The summed E-state index contributed by atoms with van der Waals surface area (Å²) in [6, 6.07) is 0. The van der Waals surface area contributed by atoms with Crippen molar-refractivity contribution < 1.29 is 0 Å². The molecule has 0 aliphatic heterocycles. The largest absolute Gasteiger partial charge is 0.0651 e. The molecule has 2 rings (SSSR count). The number of rotatable bonds is 2. The van der Waals surface area contributed by atoms with E-state index in [1.807, 2.05) is 0 Å². The molecule has 2 saturated carbocycles. The van der Waals surface area contributed by atoms with E-state index in [1.165, 1.54) is 6.42 Å². The van der Waals surface area contributed by atoms with Crippen LogP contribution in [0.3, 0.4) is 0 Å². The number of hydrogen-bond acceptors (Lipinski definition) is 0. The van der Waals surface area contributed by atoms with Crippen molar-refractivity contribution in [3.05, 3.63) is 0 Å². The Morgan fingerprint density at radius 1 is 1.36 bits per heavy atom. The van der Waals surface area contributed by atoms with E-state index in [1.54, 1.807) is 12.8 Å². The van der Waals surface area contributed by atoms with Crippen LogP contribution in [0.15, 0.2) is 0 Å². The maximum absolute atomic E-state index is 2.46. The molecule has 0 nitrogen and oxygen atoms in total. The van der Waals surface area contributed by atoms with Crippen LogP contribution in [0.5, 0.6) is 0 Å². The van der Waals surface area contributed by atoms with Gasteiger partial charge >= 0.3 is 0 Å². The summed E-state index contributed by atoms with van der Waals surface area (Å²) in [6.45, 7) is 7.25. The molecule has 0 heteroatoms. The van der Waals surface area contributed by atoms with Gasteiger partial charge in [-0.05, 0) is 42.4 Å². The van der Waals surface area contributed by atoms with Gasteiger partial charge in [0.25, 0.3) is 0 Å². The highest BCUT2D eigenvalue weighted by Crippen LogP contribution is 2.60. The molecule has 0 amide bonds. The van der Waals surface area contributed by atoms with Crippen LogP contribution in [-0.2, 0) is 0 Å². The predicted molar refractivity (Wildman–Crippen MR) is 48.3 cm³/mol. The second-order valence-corrected chi connectivity index (χ2v) is 4.84. The molecule has 0 aromatic rings. The first kappa shape index (κ1) is 7.64. The van der Waals surface area contributed by atoms with Crippen LogP contribution in [0, 0.1) is 29.6 Å². The molecule has 0 spiro atoms. The molecule has 0 bridgehead atoms. The summed E-state index contributed by atoms with van der Waals surface area (Å²) in [5.41, 5.74) is 0. The smallest absolute Gasteiger partial charge is 0.0332 e. The lowest BCUT2D eigenvalue weighted by molar-refractivity contribution is 0.249. The predicted octanol–water partition coefficient (Wildman–Crippen LogP) is 3.32. The Kier molecular flexibility index (Phi) is 1.74. The Balaban J connectivity index is 2.00. The highest BCUT2D eigenvalue weighted by molar-refractivity contribution is 5.01. The van der Waals surface area contributed by atoms with Gasteiger partial charge in [0.05, 0.1) is 0 Å². The van der Waals surface area contributed by atoms with Gasteiger partial charge < -0.3 is 0 Å². The molecule has 0 aromatic heterocycles. The Labute approximate surface area is 70.4 Å². The minimum Gasteiger partial charge on any atom is -0.0651 e. The minimum absolute atomic E-state index is 0.988. The summed E-state index contributed by atoms with van der Waals surface area (Å²) in [4.78, 5) is 0. The fourth-order valence-electron chi connectivity index (χ4n) is 3.33. The lowest BCUT2D eigenvalue weighted by Gasteiger charge is -2.24. The van der Waals surface area contributed by atoms with Gasteiger partial charge in [-0.1, -0.05) is 27.2 Å². The van der Waals surface area contributed by atoms with Crippen LogP contribution in [0.2, 0.25) is 0 Å². The highest BCUT2D eigenvalue weighted by Gasteiger charge is 2.52. The van der Waals surface area contributed by atoms with Crippen LogP contribution in [0.4, 0.5) is 0 Å². The van der Waals surface area contributed by atoms with Gasteiger partial charge in [0, 0.05) is 0 Å². The Bertz CT molecular complexity index is 148. The zero-order valence-corrected chi connectivity index (χ0v) is 8.01. The molecular formula is C11H20. The van der Waals surface area contributed by atoms with Crippen molar-refractivity contribution in [2.45, 2.75) is 40.0 Å². The van der Waals surface area contributed by atoms with Crippen molar-refractivity contribution in [2.75, 3.05) is 0 Å². The second-order valence-electron chi connectivity index (χ2n) is 4.84. The fourth-order valence-corrected chi connectivity index (χ4v) is 3.33. The van der Waals surface area contributed by atoms with Gasteiger partial charge in [-0.15, -0.1) is 0 Å². The molecule has 11 heavy (non-hydrogen) atoms. The molecule has 0 heterocycles. The van der Waals surface area contributed by atoms with Crippen LogP contribution in [-0.4, -0.2) is 0 Å². The monoisotopic (exact) mass is 152 g/mol. The van der Waals surface area contributed by atoms with Crippen molar-refractivity contribution >= 4 is 0 Å². The molecule has 2 aliphatic rings. The molecule has 2 aliphatic carbocycles. The fraction of sp³-hybridized carbons (Fsp3) is 1.00. The standard InChI is InChI=1S/C11H20/c1-4-7(2)11-8(3)5-9-6-10(9)11/h7-11H,4-6H2,1-3H3. The average Bonchev–Trinajstić information content (AvgIpc) is 2.63. The Morgan fingerprint density at radius 3 is 2.55 bits per heavy atom. The van der Waals surface area contributed by atoms with E-state index in [2.05, 4.69) is 20.8 Å². The van der Waals surface area contributed by atoms with Gasteiger partial charge in [-0.3, -0.25) is 0 Å². The van der Waals surface area contributed by atoms with Gasteiger partial charge in [-0.25, -0.2) is 0 Å². The maximum Gasteiger partial charge on any atom is -0.0332 e. The number of hydrogen-bond donors (Lipinski definition) is 0. The highest BCUT2D eigenvalue weighted by atomic mass is 14.6. The quantitative estimate of drug-likeness (QED) is 0.569. The summed E-state index contributed by atoms with van der Waals surface area (Å²) in [5, 5.41) is 0. The van der Waals surface area contributed by atoms with Crippen molar-refractivity contribution in [1.82, 2.24) is 0 Å². The summed E-state index contributed by atoms with van der Waals surface area (Å²) in [7, 11) is 0. The third-order valence-electron chi connectivity index (χ3n) is 4.10. The van der Waals surface area contributed by atoms with Crippen LogP contribution in [0.25, 0.3) is 0 Å². The molecule has 2 fully saturated rings. The Morgan fingerprint density at radius 2 is 2.09 bits per heavy atom. The van der Waals surface area contributed by atoms with E-state index >= 15 is 0 Å². The molecule has 64 valence electrons. The first-order valence-corrected chi connectivity index (χ1v) is 5.24. The summed E-state index contributed by atoms with van der Waals surface area (Å²) >= 11 is 0. The third kappa shape index (κ3) is 1.11. The molecular weight excluding hydrogens is 132 g/mol. The van der Waals surface area contributed by atoms with Crippen molar-refractivity contribution in [3.8, 4) is 0 Å². The van der Waals surface area contributed by atoms with Crippen molar-refractivity contribution in [2.24, 2.45) is 29.6 Å². The second kappa shape index (κ2) is 2.50. The Hall–Kier alpha value is 0. The van der Waals surface area contributed by atoms with Crippen LogP contribution >= 0.6 is 0 Å². The van der Waals surface area contributed by atoms with Gasteiger partial charge in [0.15, 0.2) is 0 Å². The molecule has 0 aromatic carbocycles. The molecule has 0 radical (unpaired) electrons. The minimum atomic E-state index is 0.988. The first-order chi connectivity index (χ1) is 5.24. The van der Waals surface area contributed by atoms with E-state index in [4.69, 9.17) is 0 Å². The zero-order chi connectivity index (χ0) is 8.01. The zero-order valence-electron chi connectivity index (χ0n) is 8.01. The molecule has 0 N–H and O–H groups in total. The topological polar surface area (TPSA) is 0 Å². The molecule has 0 saturated heterocycles. The van der Waals surface area contributed by atoms with Gasteiger partial charge in [0.1, 0.15) is 0 Å². The van der Waals surface area contributed by atoms with E-state index in [9.17, 15) is 0 Å². The molecule has 5 unspecified atom stereocenters. The van der Waals surface area contributed by atoms with Gasteiger partial charge in [0.2, 0.25) is 0 Å². The lowest BCUT2D eigenvalue weighted by atomic mass is 9.81. The summed E-state index contributed by atoms with van der Waals surface area (Å²) in [6.07, 6.45) is 4.50. The SMILES string of the molecule is CCC(C)C1C(C)CC2CC21. The number of fused-ring (bicyclic) bond motifs is 1.